The summed E-state index contributed by atoms with van der Waals surface area (Å²) in [6, 6.07) is 69.2. The summed E-state index contributed by atoms with van der Waals surface area (Å²) in [7, 11) is 0. The normalized spacial score (nSPS) is 13.0. The van der Waals surface area contributed by atoms with Gasteiger partial charge >= 0.3 is 0 Å². The molecule has 0 unspecified atom stereocenters. The van der Waals surface area contributed by atoms with Crippen molar-refractivity contribution in [2.75, 3.05) is 4.90 Å². The number of oxazole rings is 1. The van der Waals surface area contributed by atoms with E-state index in [1.54, 1.807) is 0 Å². The van der Waals surface area contributed by atoms with Gasteiger partial charge in [0.25, 0.3) is 0 Å². The second kappa shape index (κ2) is 13.2. The number of aromatic nitrogens is 1. The largest absolute Gasteiger partial charge is 0.456 e. The molecule has 2 aromatic heterocycles. The van der Waals surface area contributed by atoms with Gasteiger partial charge in [-0.15, -0.1) is 0 Å². The summed E-state index contributed by atoms with van der Waals surface area (Å²) < 4.78 is 13.0. The lowest BCUT2D eigenvalue weighted by molar-refractivity contribution is 0.620. The van der Waals surface area contributed by atoms with Crippen LogP contribution in [0.1, 0.15) is 25.0 Å². The zero-order valence-corrected chi connectivity index (χ0v) is 33.2. The third kappa shape index (κ3) is 5.34. The summed E-state index contributed by atoms with van der Waals surface area (Å²) in [5.41, 5.74) is 17.3. The van der Waals surface area contributed by atoms with Crippen molar-refractivity contribution in [3.05, 3.63) is 205 Å². The molecule has 11 aromatic rings. The van der Waals surface area contributed by atoms with E-state index in [1.807, 2.05) is 36.4 Å². The monoisotopic (exact) mass is 770 g/mol. The van der Waals surface area contributed by atoms with Gasteiger partial charge in [0.2, 0.25) is 5.89 Å². The van der Waals surface area contributed by atoms with Crippen LogP contribution < -0.4 is 4.90 Å². The van der Waals surface area contributed by atoms with Crippen LogP contribution in [-0.4, -0.2) is 4.98 Å². The lowest BCUT2D eigenvalue weighted by Gasteiger charge is -2.29. The van der Waals surface area contributed by atoms with E-state index in [-0.39, 0.29) is 5.41 Å². The number of nitrogens with zero attached hydrogens (tertiary/aromatic N) is 2. The molecular weight excluding hydrogens is 733 g/mol. The van der Waals surface area contributed by atoms with Crippen LogP contribution >= 0.6 is 0 Å². The predicted octanol–water partition coefficient (Wildman–Crippen LogP) is 15.7. The molecule has 1 aliphatic carbocycles. The molecule has 4 heteroatoms. The topological polar surface area (TPSA) is 42.4 Å². The highest BCUT2D eigenvalue weighted by Crippen LogP contribution is 2.52. The van der Waals surface area contributed by atoms with Crippen molar-refractivity contribution < 1.29 is 8.83 Å². The summed E-state index contributed by atoms with van der Waals surface area (Å²) in [6.07, 6.45) is 0. The van der Waals surface area contributed by atoms with Crippen LogP contribution in [0.3, 0.4) is 0 Å². The molecule has 0 radical (unpaired) electrons. The molecular formula is C56H38N2O2. The van der Waals surface area contributed by atoms with Gasteiger partial charge in [-0.25, -0.2) is 4.98 Å². The Kier molecular flexibility index (Phi) is 7.54. The molecule has 0 saturated heterocycles. The van der Waals surface area contributed by atoms with Gasteiger partial charge in [0.15, 0.2) is 5.58 Å². The van der Waals surface area contributed by atoms with Crippen LogP contribution in [0.2, 0.25) is 0 Å². The average Bonchev–Trinajstić information content (AvgIpc) is 3.97. The molecule has 0 fully saturated rings. The molecule has 0 N–H and O–H groups in total. The lowest BCUT2D eigenvalue weighted by Crippen LogP contribution is -2.16. The first-order chi connectivity index (χ1) is 29.5. The Bertz CT molecular complexity index is 3410. The third-order valence-electron chi connectivity index (χ3n) is 12.5. The number of furan rings is 1. The van der Waals surface area contributed by atoms with Crippen LogP contribution in [-0.2, 0) is 5.41 Å². The van der Waals surface area contributed by atoms with Crippen molar-refractivity contribution in [1.82, 2.24) is 4.98 Å². The first-order valence-electron chi connectivity index (χ1n) is 20.5. The summed E-state index contributed by atoms with van der Waals surface area (Å²) in [6.45, 7) is 4.68. The minimum absolute atomic E-state index is 0.152. The smallest absolute Gasteiger partial charge is 0.227 e. The summed E-state index contributed by atoms with van der Waals surface area (Å²) in [5.74, 6) is 0.594. The lowest BCUT2D eigenvalue weighted by atomic mass is 9.82. The van der Waals surface area contributed by atoms with Gasteiger partial charge in [0.1, 0.15) is 16.7 Å². The Morgan fingerprint density at radius 1 is 0.417 bits per heavy atom. The first-order valence-corrected chi connectivity index (χ1v) is 20.5. The van der Waals surface area contributed by atoms with Crippen LogP contribution in [0.4, 0.5) is 17.1 Å². The van der Waals surface area contributed by atoms with E-state index in [2.05, 4.69) is 176 Å². The Morgan fingerprint density at radius 2 is 1.03 bits per heavy atom. The minimum atomic E-state index is -0.152. The van der Waals surface area contributed by atoms with E-state index >= 15 is 0 Å². The quantitative estimate of drug-likeness (QED) is 0.169. The summed E-state index contributed by atoms with van der Waals surface area (Å²) in [4.78, 5) is 7.21. The molecule has 2 heterocycles. The summed E-state index contributed by atoms with van der Waals surface area (Å²) in [5, 5.41) is 4.34. The van der Waals surface area contributed by atoms with Gasteiger partial charge in [-0.1, -0.05) is 147 Å². The Hall–Kier alpha value is -7.69. The van der Waals surface area contributed by atoms with E-state index in [0.29, 0.717) is 5.89 Å². The molecule has 0 amide bonds. The SMILES string of the molecule is CC1(C)c2ccccc2-c2ccc(N(c3ccc(-c4ccc(-c5ccccc5)cc4)cc3)c3cc4oc5ccc(-c6nc7ccccc7o6)cc5c4c4ccccc34)cc21. The van der Waals surface area contributed by atoms with Crippen LogP contribution in [0, 0.1) is 0 Å². The zero-order valence-electron chi connectivity index (χ0n) is 33.2. The predicted molar refractivity (Wildman–Crippen MR) is 247 cm³/mol. The third-order valence-corrected chi connectivity index (χ3v) is 12.5. The van der Waals surface area contributed by atoms with Crippen molar-refractivity contribution in [3.63, 3.8) is 0 Å². The van der Waals surface area contributed by atoms with E-state index in [4.69, 9.17) is 13.8 Å². The molecule has 12 rings (SSSR count). The van der Waals surface area contributed by atoms with Crippen LogP contribution in [0.15, 0.2) is 203 Å². The highest BCUT2D eigenvalue weighted by molar-refractivity contribution is 6.23. The maximum Gasteiger partial charge on any atom is 0.227 e. The van der Waals surface area contributed by atoms with Crippen molar-refractivity contribution in [2.24, 2.45) is 0 Å². The number of para-hydroxylation sites is 2. The van der Waals surface area contributed by atoms with E-state index in [9.17, 15) is 0 Å². The van der Waals surface area contributed by atoms with Crippen molar-refractivity contribution in [3.8, 4) is 44.8 Å². The number of benzene rings is 9. The Labute approximate surface area is 347 Å². The van der Waals surface area contributed by atoms with Crippen molar-refractivity contribution in [2.45, 2.75) is 19.3 Å². The van der Waals surface area contributed by atoms with Crippen molar-refractivity contribution >= 4 is 60.9 Å². The maximum absolute atomic E-state index is 6.76. The molecule has 0 atom stereocenters. The van der Waals surface area contributed by atoms with Gasteiger partial charge in [-0.2, -0.15) is 0 Å². The zero-order chi connectivity index (χ0) is 40.0. The Balaban J connectivity index is 1.03. The highest BCUT2D eigenvalue weighted by Gasteiger charge is 2.36. The average molecular weight is 771 g/mol. The number of anilines is 3. The number of rotatable bonds is 6. The van der Waals surface area contributed by atoms with Crippen LogP contribution in [0.5, 0.6) is 0 Å². The standard InChI is InChI=1S/C56H38N2O2/c1-56(2)47-17-9-8-14-42(47)43-30-29-41(33-48(43)56)58(40-27-24-38(25-28-40)37-22-20-36(21-23-37)35-12-4-3-5-13-35)50-34-53-54(45-16-7-6-15-44(45)50)46-32-39(26-31-51(46)59-53)55-57-49-18-10-11-19-52(49)60-55/h3-34H,1-2H3. The van der Waals surface area contributed by atoms with E-state index in [1.165, 1.54) is 38.9 Å². The number of fused-ring (bicyclic) bond motifs is 9. The molecule has 0 aliphatic heterocycles. The van der Waals surface area contributed by atoms with Crippen LogP contribution in [0.25, 0.3) is 88.6 Å². The van der Waals surface area contributed by atoms with E-state index < -0.39 is 0 Å². The van der Waals surface area contributed by atoms with Gasteiger partial charge in [-0.3, -0.25) is 0 Å². The molecule has 0 bridgehead atoms. The maximum atomic E-state index is 6.76. The van der Waals surface area contributed by atoms with Gasteiger partial charge < -0.3 is 13.7 Å². The number of hydrogen-bond acceptors (Lipinski definition) is 4. The van der Waals surface area contributed by atoms with Gasteiger partial charge in [0, 0.05) is 44.6 Å². The molecule has 1 aliphatic rings. The number of hydrogen-bond donors (Lipinski definition) is 0. The fourth-order valence-corrected chi connectivity index (χ4v) is 9.48. The molecule has 0 saturated carbocycles. The van der Waals surface area contributed by atoms with Gasteiger partial charge in [0.05, 0.1) is 5.69 Å². The second-order valence-electron chi connectivity index (χ2n) is 16.3. The minimum Gasteiger partial charge on any atom is -0.456 e. The Morgan fingerprint density at radius 3 is 1.82 bits per heavy atom. The molecule has 9 aromatic carbocycles. The molecule has 60 heavy (non-hydrogen) atoms. The summed E-state index contributed by atoms with van der Waals surface area (Å²) >= 11 is 0. The fourth-order valence-electron chi connectivity index (χ4n) is 9.48. The second-order valence-corrected chi connectivity index (χ2v) is 16.3. The van der Waals surface area contributed by atoms with E-state index in [0.717, 1.165) is 72.0 Å². The molecule has 4 nitrogen and oxygen atoms in total. The first kappa shape index (κ1) is 34.4. The molecule has 284 valence electrons. The highest BCUT2D eigenvalue weighted by atomic mass is 16.3. The fraction of sp³-hybridized carbons (Fsp3) is 0.0536. The van der Waals surface area contributed by atoms with Crippen molar-refractivity contribution in [1.29, 1.82) is 0 Å². The van der Waals surface area contributed by atoms with Gasteiger partial charge in [-0.05, 0) is 104 Å². The molecule has 0 spiro atoms.